The molecule has 0 bridgehead atoms. The smallest absolute Gasteiger partial charge is 0.220 e. The Morgan fingerprint density at radius 3 is 2.62 bits per heavy atom. The Hall–Kier alpha value is -1.40. The first-order valence-electron chi connectivity index (χ1n) is 7.13. The number of sulfone groups is 1. The lowest BCUT2D eigenvalue weighted by Gasteiger charge is -2.17. The second-order valence-corrected chi connectivity index (χ2v) is 7.84. The third-order valence-corrected chi connectivity index (χ3v) is 5.55. The van der Waals surface area contributed by atoms with Gasteiger partial charge in [-0.1, -0.05) is 30.3 Å². The van der Waals surface area contributed by atoms with Crippen molar-refractivity contribution in [2.45, 2.75) is 25.3 Å². The minimum absolute atomic E-state index is 0.0916. The monoisotopic (exact) mass is 311 g/mol. The molecule has 116 valence electrons. The van der Waals surface area contributed by atoms with E-state index in [9.17, 15) is 18.3 Å². The summed E-state index contributed by atoms with van der Waals surface area (Å²) in [6.07, 6.45) is 1.33. The number of hydrogen-bond acceptors (Lipinski definition) is 4. The van der Waals surface area contributed by atoms with Crippen LogP contribution in [-0.2, 0) is 21.1 Å². The zero-order chi connectivity index (χ0) is 15.3. The van der Waals surface area contributed by atoms with Crippen molar-refractivity contribution in [3.63, 3.8) is 0 Å². The van der Waals surface area contributed by atoms with Gasteiger partial charge in [0.2, 0.25) is 5.91 Å². The van der Waals surface area contributed by atoms with Crippen LogP contribution in [0.25, 0.3) is 0 Å². The van der Waals surface area contributed by atoms with Gasteiger partial charge in [-0.15, -0.1) is 0 Å². The fraction of sp³-hybridized carbons (Fsp3) is 0.533. The molecule has 1 aliphatic heterocycles. The molecule has 21 heavy (non-hydrogen) atoms. The third kappa shape index (κ3) is 5.13. The second kappa shape index (κ2) is 7.04. The fourth-order valence-corrected chi connectivity index (χ4v) is 4.50. The summed E-state index contributed by atoms with van der Waals surface area (Å²) < 4.78 is 22.7. The van der Waals surface area contributed by atoms with Crippen molar-refractivity contribution in [3.05, 3.63) is 35.9 Å². The Bertz CT molecular complexity index is 571. The number of carbonyl (C=O) groups excluding carboxylic acids is 1. The standard InChI is InChI=1S/C15H21NO4S/c17-10-14(8-12-4-2-1-3-5-12)16-15(18)9-13-6-7-21(19,20)11-13/h1-5,13-14,17H,6-11H2,(H,16,18)/t13?,14-/m1/s1. The highest BCUT2D eigenvalue weighted by molar-refractivity contribution is 7.91. The molecule has 0 spiro atoms. The Morgan fingerprint density at radius 1 is 1.33 bits per heavy atom. The molecule has 2 rings (SSSR count). The maximum absolute atomic E-state index is 12.0. The van der Waals surface area contributed by atoms with Crippen molar-refractivity contribution in [3.8, 4) is 0 Å². The Morgan fingerprint density at radius 2 is 2.05 bits per heavy atom. The van der Waals surface area contributed by atoms with E-state index in [1.165, 1.54) is 0 Å². The predicted octanol–water partition coefficient (Wildman–Crippen LogP) is 0.531. The molecule has 1 fully saturated rings. The van der Waals surface area contributed by atoms with Gasteiger partial charge >= 0.3 is 0 Å². The first-order valence-corrected chi connectivity index (χ1v) is 8.95. The van der Waals surface area contributed by atoms with Crippen LogP contribution >= 0.6 is 0 Å². The van der Waals surface area contributed by atoms with E-state index in [2.05, 4.69) is 5.32 Å². The zero-order valence-electron chi connectivity index (χ0n) is 11.9. The van der Waals surface area contributed by atoms with E-state index in [4.69, 9.17) is 0 Å². The van der Waals surface area contributed by atoms with E-state index in [0.29, 0.717) is 12.8 Å². The number of hydrogen-bond donors (Lipinski definition) is 2. The van der Waals surface area contributed by atoms with Crippen molar-refractivity contribution in [1.29, 1.82) is 0 Å². The number of nitrogens with one attached hydrogen (secondary N) is 1. The van der Waals surface area contributed by atoms with Crippen LogP contribution in [0.4, 0.5) is 0 Å². The molecular formula is C15H21NO4S. The fourth-order valence-electron chi connectivity index (χ4n) is 2.64. The Balaban J connectivity index is 1.83. The van der Waals surface area contributed by atoms with E-state index in [-0.39, 0.29) is 42.4 Å². The first-order chi connectivity index (χ1) is 9.98. The van der Waals surface area contributed by atoms with Gasteiger partial charge < -0.3 is 10.4 Å². The van der Waals surface area contributed by atoms with Gasteiger partial charge in [0.05, 0.1) is 24.2 Å². The molecule has 1 aromatic carbocycles. The minimum Gasteiger partial charge on any atom is -0.394 e. The van der Waals surface area contributed by atoms with E-state index in [1.54, 1.807) is 0 Å². The summed E-state index contributed by atoms with van der Waals surface area (Å²) >= 11 is 0. The van der Waals surface area contributed by atoms with E-state index in [1.807, 2.05) is 30.3 Å². The van der Waals surface area contributed by atoms with Crippen LogP contribution in [0.5, 0.6) is 0 Å². The zero-order valence-corrected chi connectivity index (χ0v) is 12.7. The number of carbonyl (C=O) groups is 1. The average molecular weight is 311 g/mol. The average Bonchev–Trinajstić information content (AvgIpc) is 2.78. The largest absolute Gasteiger partial charge is 0.394 e. The summed E-state index contributed by atoms with van der Waals surface area (Å²) in [6, 6.07) is 9.29. The van der Waals surface area contributed by atoms with Crippen molar-refractivity contribution in [2.75, 3.05) is 18.1 Å². The minimum atomic E-state index is -2.95. The predicted molar refractivity (Wildman–Crippen MR) is 80.5 cm³/mol. The van der Waals surface area contributed by atoms with Gasteiger partial charge in [-0.25, -0.2) is 8.42 Å². The topological polar surface area (TPSA) is 83.5 Å². The van der Waals surface area contributed by atoms with Gasteiger partial charge in [0.25, 0.3) is 0 Å². The molecule has 0 radical (unpaired) electrons. The lowest BCUT2D eigenvalue weighted by Crippen LogP contribution is -2.39. The highest BCUT2D eigenvalue weighted by atomic mass is 32.2. The van der Waals surface area contributed by atoms with E-state index < -0.39 is 9.84 Å². The second-order valence-electron chi connectivity index (χ2n) is 5.61. The van der Waals surface area contributed by atoms with E-state index in [0.717, 1.165) is 5.56 Å². The van der Waals surface area contributed by atoms with Gasteiger partial charge in [-0.2, -0.15) is 0 Å². The van der Waals surface area contributed by atoms with Gasteiger partial charge in [-0.05, 0) is 24.3 Å². The maximum Gasteiger partial charge on any atom is 0.220 e. The summed E-state index contributed by atoms with van der Waals surface area (Å²) in [5.41, 5.74) is 1.04. The van der Waals surface area contributed by atoms with Crippen molar-refractivity contribution in [1.82, 2.24) is 5.32 Å². The maximum atomic E-state index is 12.0. The van der Waals surface area contributed by atoms with Gasteiger partial charge in [-0.3, -0.25) is 4.79 Å². The number of rotatable bonds is 6. The molecule has 2 atom stereocenters. The molecule has 1 amide bonds. The van der Waals surface area contributed by atoms with Crippen LogP contribution in [-0.4, -0.2) is 43.6 Å². The molecule has 6 heteroatoms. The summed E-state index contributed by atoms with van der Waals surface area (Å²) in [7, 11) is -2.95. The van der Waals surface area contributed by atoms with Crippen molar-refractivity contribution < 1.29 is 18.3 Å². The van der Waals surface area contributed by atoms with Gasteiger partial charge in [0.1, 0.15) is 0 Å². The highest BCUT2D eigenvalue weighted by Crippen LogP contribution is 2.21. The molecule has 1 aromatic rings. The molecule has 0 aromatic heterocycles. The van der Waals surface area contributed by atoms with Crippen LogP contribution in [0.2, 0.25) is 0 Å². The van der Waals surface area contributed by atoms with Crippen LogP contribution in [0.15, 0.2) is 30.3 Å². The summed E-state index contributed by atoms with van der Waals surface area (Å²) in [5.74, 6) is -0.000436. The van der Waals surface area contributed by atoms with Crippen molar-refractivity contribution in [2.24, 2.45) is 5.92 Å². The molecule has 2 N–H and O–H groups in total. The molecule has 0 saturated carbocycles. The molecule has 1 unspecified atom stereocenters. The summed E-state index contributed by atoms with van der Waals surface area (Å²) in [6.45, 7) is -0.135. The van der Waals surface area contributed by atoms with E-state index >= 15 is 0 Å². The van der Waals surface area contributed by atoms with Crippen LogP contribution < -0.4 is 5.32 Å². The summed E-state index contributed by atoms with van der Waals surface area (Å²) in [4.78, 5) is 12.0. The molecule has 0 aliphatic carbocycles. The van der Waals surface area contributed by atoms with Crippen molar-refractivity contribution >= 4 is 15.7 Å². The number of aliphatic hydroxyl groups is 1. The SMILES string of the molecule is O=C(CC1CCS(=O)(=O)C1)N[C@@H](CO)Cc1ccccc1. The number of aliphatic hydroxyl groups excluding tert-OH is 1. The summed E-state index contributed by atoms with van der Waals surface area (Å²) in [5, 5.41) is 12.2. The Kier molecular flexibility index (Phi) is 5.36. The van der Waals surface area contributed by atoms with Crippen LogP contribution in [0.3, 0.4) is 0 Å². The Labute approximate surface area is 125 Å². The molecule has 5 nitrogen and oxygen atoms in total. The number of amides is 1. The highest BCUT2D eigenvalue weighted by Gasteiger charge is 2.29. The number of benzene rings is 1. The van der Waals surface area contributed by atoms with Gasteiger partial charge in [0.15, 0.2) is 9.84 Å². The molecule has 1 aliphatic rings. The quantitative estimate of drug-likeness (QED) is 0.803. The van der Waals surface area contributed by atoms with Gasteiger partial charge in [0, 0.05) is 6.42 Å². The molecule has 1 heterocycles. The lowest BCUT2D eigenvalue weighted by atomic mass is 10.0. The lowest BCUT2D eigenvalue weighted by molar-refractivity contribution is -0.122. The first kappa shape index (κ1) is 16.0. The third-order valence-electron chi connectivity index (χ3n) is 3.71. The van der Waals surface area contributed by atoms with Crippen LogP contribution in [0, 0.1) is 5.92 Å². The molecular weight excluding hydrogens is 290 g/mol. The molecule has 1 saturated heterocycles. The van der Waals surface area contributed by atoms with Crippen LogP contribution in [0.1, 0.15) is 18.4 Å². The normalized spacial score (nSPS) is 21.9.